The summed E-state index contributed by atoms with van der Waals surface area (Å²) >= 11 is 0. The molecule has 2 nitrogen and oxygen atoms in total. The molecule has 90 valence electrons. The molecule has 17 heavy (non-hydrogen) atoms. The van der Waals surface area contributed by atoms with E-state index in [1.807, 2.05) is 6.08 Å². The Kier molecular flexibility index (Phi) is 3.64. The molecule has 0 unspecified atom stereocenters. The van der Waals surface area contributed by atoms with Crippen LogP contribution in [0.25, 0.3) is 10.9 Å². The average Bonchev–Trinajstić information content (AvgIpc) is 2.60. The summed E-state index contributed by atoms with van der Waals surface area (Å²) in [5, 5.41) is 4.81. The van der Waals surface area contributed by atoms with Crippen LogP contribution in [0, 0.1) is 6.92 Å². The van der Waals surface area contributed by atoms with Gasteiger partial charge in [-0.2, -0.15) is 0 Å². The summed E-state index contributed by atoms with van der Waals surface area (Å²) in [4.78, 5) is 0. The zero-order valence-electron chi connectivity index (χ0n) is 10.7. The first kappa shape index (κ1) is 11.9. The molecular formula is C15H20N2. The maximum Gasteiger partial charge on any atom is 0.0483 e. The molecule has 1 heterocycles. The molecular weight excluding hydrogens is 208 g/mol. The van der Waals surface area contributed by atoms with E-state index in [0.717, 1.165) is 19.5 Å². The van der Waals surface area contributed by atoms with E-state index in [1.165, 1.54) is 22.2 Å². The van der Waals surface area contributed by atoms with Gasteiger partial charge in [-0.05, 0) is 31.5 Å². The van der Waals surface area contributed by atoms with Gasteiger partial charge in [-0.1, -0.05) is 24.3 Å². The largest absolute Gasteiger partial charge is 0.346 e. The molecule has 0 radical (unpaired) electrons. The summed E-state index contributed by atoms with van der Waals surface area (Å²) in [5.41, 5.74) is 4.06. The fourth-order valence-electron chi connectivity index (χ4n) is 2.30. The Labute approximate surface area is 103 Å². The minimum Gasteiger partial charge on any atom is -0.346 e. The van der Waals surface area contributed by atoms with Crippen LogP contribution in [0.15, 0.2) is 36.9 Å². The van der Waals surface area contributed by atoms with Crippen LogP contribution in [0.2, 0.25) is 0 Å². The van der Waals surface area contributed by atoms with Gasteiger partial charge in [0.05, 0.1) is 0 Å². The standard InChI is InChI=1S/C15H20N2/c1-4-5-10-16-11-15-12(2)13-8-6-7-9-14(13)17(15)3/h4,6-9,16H,1,5,10-11H2,2-3H3. The van der Waals surface area contributed by atoms with E-state index in [0.29, 0.717) is 0 Å². The lowest BCUT2D eigenvalue weighted by molar-refractivity contribution is 0.660. The summed E-state index contributed by atoms with van der Waals surface area (Å²) in [6.45, 7) is 7.84. The summed E-state index contributed by atoms with van der Waals surface area (Å²) in [6, 6.07) is 8.56. The number of para-hydroxylation sites is 1. The molecule has 0 aliphatic heterocycles. The van der Waals surface area contributed by atoms with Gasteiger partial charge in [0.1, 0.15) is 0 Å². The number of nitrogens with one attached hydrogen (secondary N) is 1. The Morgan fingerprint density at radius 3 is 2.82 bits per heavy atom. The molecule has 2 rings (SSSR count). The predicted octanol–water partition coefficient (Wildman–Crippen LogP) is 3.15. The Balaban J connectivity index is 2.24. The quantitative estimate of drug-likeness (QED) is 0.614. The van der Waals surface area contributed by atoms with Crippen molar-refractivity contribution in [2.24, 2.45) is 7.05 Å². The molecule has 0 spiro atoms. The number of fused-ring (bicyclic) bond motifs is 1. The third-order valence-corrected chi connectivity index (χ3v) is 3.32. The monoisotopic (exact) mass is 228 g/mol. The van der Waals surface area contributed by atoms with Crippen LogP contribution in [0.1, 0.15) is 17.7 Å². The van der Waals surface area contributed by atoms with Crippen LogP contribution in [0.4, 0.5) is 0 Å². The second-order valence-electron chi connectivity index (χ2n) is 4.40. The molecule has 0 aliphatic carbocycles. The van der Waals surface area contributed by atoms with E-state index in [9.17, 15) is 0 Å². The van der Waals surface area contributed by atoms with E-state index in [-0.39, 0.29) is 0 Å². The molecule has 1 aromatic carbocycles. The highest BCUT2D eigenvalue weighted by molar-refractivity contribution is 5.85. The van der Waals surface area contributed by atoms with Gasteiger partial charge in [0.2, 0.25) is 0 Å². The molecule has 0 aliphatic rings. The van der Waals surface area contributed by atoms with Crippen molar-refractivity contribution in [2.75, 3.05) is 6.54 Å². The molecule has 1 N–H and O–H groups in total. The Morgan fingerprint density at radius 2 is 2.12 bits per heavy atom. The van der Waals surface area contributed by atoms with Gasteiger partial charge in [-0.3, -0.25) is 0 Å². The minimum absolute atomic E-state index is 0.921. The van der Waals surface area contributed by atoms with Crippen LogP contribution >= 0.6 is 0 Å². The lowest BCUT2D eigenvalue weighted by Crippen LogP contribution is -2.16. The third-order valence-electron chi connectivity index (χ3n) is 3.32. The lowest BCUT2D eigenvalue weighted by atomic mass is 10.1. The molecule has 1 aromatic heterocycles. The molecule has 0 saturated carbocycles. The van der Waals surface area contributed by atoms with Crippen molar-refractivity contribution in [1.82, 2.24) is 9.88 Å². The maximum atomic E-state index is 3.73. The van der Waals surface area contributed by atoms with Crippen LogP contribution in [-0.4, -0.2) is 11.1 Å². The smallest absolute Gasteiger partial charge is 0.0483 e. The van der Waals surface area contributed by atoms with Gasteiger partial charge in [0.25, 0.3) is 0 Å². The number of hydrogen-bond donors (Lipinski definition) is 1. The van der Waals surface area contributed by atoms with Crippen molar-refractivity contribution in [1.29, 1.82) is 0 Å². The number of nitrogens with zero attached hydrogens (tertiary/aromatic N) is 1. The van der Waals surface area contributed by atoms with E-state index in [4.69, 9.17) is 0 Å². The number of rotatable bonds is 5. The van der Waals surface area contributed by atoms with Crippen molar-refractivity contribution in [3.63, 3.8) is 0 Å². The zero-order valence-corrected chi connectivity index (χ0v) is 10.7. The van der Waals surface area contributed by atoms with Gasteiger partial charge >= 0.3 is 0 Å². The molecule has 0 bridgehead atoms. The van der Waals surface area contributed by atoms with E-state index in [2.05, 4.69) is 54.7 Å². The van der Waals surface area contributed by atoms with Gasteiger partial charge in [-0.25, -0.2) is 0 Å². The Morgan fingerprint density at radius 1 is 1.35 bits per heavy atom. The second-order valence-corrected chi connectivity index (χ2v) is 4.40. The number of aryl methyl sites for hydroxylation is 2. The van der Waals surface area contributed by atoms with Crippen molar-refractivity contribution in [3.05, 3.63) is 48.2 Å². The van der Waals surface area contributed by atoms with E-state index >= 15 is 0 Å². The molecule has 0 fully saturated rings. The van der Waals surface area contributed by atoms with Crippen LogP contribution in [-0.2, 0) is 13.6 Å². The Bertz CT molecular complexity index is 484. The van der Waals surface area contributed by atoms with Crippen LogP contribution < -0.4 is 5.32 Å². The fraction of sp³-hybridized carbons (Fsp3) is 0.333. The maximum absolute atomic E-state index is 3.73. The molecule has 2 heteroatoms. The highest BCUT2D eigenvalue weighted by Crippen LogP contribution is 2.24. The van der Waals surface area contributed by atoms with Gasteiger partial charge in [0.15, 0.2) is 0 Å². The van der Waals surface area contributed by atoms with Gasteiger partial charge in [-0.15, -0.1) is 6.58 Å². The van der Waals surface area contributed by atoms with Gasteiger partial charge < -0.3 is 9.88 Å². The summed E-state index contributed by atoms with van der Waals surface area (Å²) in [6.07, 6.45) is 2.96. The Hall–Kier alpha value is -1.54. The normalized spacial score (nSPS) is 10.9. The topological polar surface area (TPSA) is 17.0 Å². The van der Waals surface area contributed by atoms with Crippen molar-refractivity contribution in [2.45, 2.75) is 19.9 Å². The van der Waals surface area contributed by atoms with Crippen molar-refractivity contribution >= 4 is 10.9 Å². The SMILES string of the molecule is C=CCCNCc1c(C)c2ccccc2n1C. The number of hydrogen-bond acceptors (Lipinski definition) is 1. The van der Waals surface area contributed by atoms with Gasteiger partial charge in [0, 0.05) is 30.2 Å². The van der Waals surface area contributed by atoms with E-state index < -0.39 is 0 Å². The molecule has 2 aromatic rings. The van der Waals surface area contributed by atoms with Crippen molar-refractivity contribution < 1.29 is 0 Å². The minimum atomic E-state index is 0.921. The summed E-state index contributed by atoms with van der Waals surface area (Å²) < 4.78 is 2.28. The average molecular weight is 228 g/mol. The van der Waals surface area contributed by atoms with E-state index in [1.54, 1.807) is 0 Å². The lowest BCUT2D eigenvalue weighted by Gasteiger charge is -2.07. The number of aromatic nitrogens is 1. The first-order valence-corrected chi connectivity index (χ1v) is 6.10. The summed E-state index contributed by atoms with van der Waals surface area (Å²) in [5.74, 6) is 0. The van der Waals surface area contributed by atoms with Crippen LogP contribution in [0.3, 0.4) is 0 Å². The second kappa shape index (κ2) is 5.19. The first-order chi connectivity index (χ1) is 8.25. The highest BCUT2D eigenvalue weighted by atomic mass is 15.0. The molecule has 0 amide bonds. The molecule has 0 atom stereocenters. The summed E-state index contributed by atoms with van der Waals surface area (Å²) in [7, 11) is 2.14. The molecule has 0 saturated heterocycles. The highest BCUT2D eigenvalue weighted by Gasteiger charge is 2.09. The fourth-order valence-corrected chi connectivity index (χ4v) is 2.30. The zero-order chi connectivity index (χ0) is 12.3. The van der Waals surface area contributed by atoms with Crippen molar-refractivity contribution in [3.8, 4) is 0 Å². The number of benzene rings is 1. The third kappa shape index (κ3) is 2.27. The van der Waals surface area contributed by atoms with Crippen LogP contribution in [0.5, 0.6) is 0 Å². The first-order valence-electron chi connectivity index (χ1n) is 6.10. The predicted molar refractivity (Wildman–Crippen MR) is 74.2 cm³/mol.